The van der Waals surface area contributed by atoms with Crippen LogP contribution in [0.4, 0.5) is 4.39 Å². The summed E-state index contributed by atoms with van der Waals surface area (Å²) in [5.41, 5.74) is 2.64. The van der Waals surface area contributed by atoms with Crippen LogP contribution in [0, 0.1) is 11.7 Å². The average molecular weight is 394 g/mol. The van der Waals surface area contributed by atoms with Crippen molar-refractivity contribution in [2.24, 2.45) is 13.0 Å². The fourth-order valence-electron chi connectivity index (χ4n) is 4.09. The summed E-state index contributed by atoms with van der Waals surface area (Å²) in [4.78, 5) is 15.2. The van der Waals surface area contributed by atoms with Gasteiger partial charge in [-0.25, -0.2) is 4.39 Å². The topological polar surface area (TPSA) is 50.2 Å². The van der Waals surface area contributed by atoms with Crippen LogP contribution in [0.2, 0.25) is 0 Å². The highest BCUT2D eigenvalue weighted by Crippen LogP contribution is 2.19. The van der Waals surface area contributed by atoms with E-state index in [4.69, 9.17) is 0 Å². The molecule has 3 aromatic rings. The first-order valence-corrected chi connectivity index (χ1v) is 10.3. The first kappa shape index (κ1) is 19.6. The van der Waals surface area contributed by atoms with Crippen molar-refractivity contribution in [3.8, 4) is 0 Å². The van der Waals surface area contributed by atoms with Crippen LogP contribution >= 0.6 is 0 Å². The molecule has 2 aromatic carbocycles. The molecule has 0 bridgehead atoms. The van der Waals surface area contributed by atoms with Gasteiger partial charge in [-0.2, -0.15) is 5.10 Å². The van der Waals surface area contributed by atoms with E-state index in [2.05, 4.69) is 15.3 Å². The van der Waals surface area contributed by atoms with Crippen molar-refractivity contribution in [1.82, 2.24) is 20.0 Å². The molecule has 0 atom stereocenters. The number of amides is 1. The molecular formula is C23H27FN4O. The fourth-order valence-corrected chi connectivity index (χ4v) is 4.09. The van der Waals surface area contributed by atoms with Crippen LogP contribution in [0.3, 0.4) is 0 Å². The lowest BCUT2D eigenvalue weighted by Gasteiger charge is -2.32. The van der Waals surface area contributed by atoms with E-state index in [0.717, 1.165) is 49.8 Å². The van der Waals surface area contributed by atoms with Crippen molar-refractivity contribution < 1.29 is 9.18 Å². The number of aryl methyl sites for hydroxylation is 1. The second-order valence-electron chi connectivity index (χ2n) is 7.86. The van der Waals surface area contributed by atoms with Crippen molar-refractivity contribution in [1.29, 1.82) is 0 Å². The molecule has 1 amide bonds. The molecule has 1 saturated heterocycles. The van der Waals surface area contributed by atoms with Gasteiger partial charge in [-0.3, -0.25) is 9.48 Å². The lowest BCUT2D eigenvalue weighted by Crippen LogP contribution is -2.39. The summed E-state index contributed by atoms with van der Waals surface area (Å²) >= 11 is 0. The number of nitrogens with one attached hydrogen (secondary N) is 1. The van der Waals surface area contributed by atoms with Crippen LogP contribution in [-0.4, -0.2) is 46.8 Å². The fraction of sp³-hybridized carbons (Fsp3) is 0.391. The molecule has 0 radical (unpaired) electrons. The van der Waals surface area contributed by atoms with E-state index in [1.54, 1.807) is 4.68 Å². The van der Waals surface area contributed by atoms with Crippen LogP contribution in [0.15, 0.2) is 48.5 Å². The number of benzene rings is 2. The summed E-state index contributed by atoms with van der Waals surface area (Å²) in [5.74, 6) is 0.260. The zero-order chi connectivity index (χ0) is 20.2. The van der Waals surface area contributed by atoms with Crippen LogP contribution < -0.4 is 5.32 Å². The number of piperidine rings is 1. The molecule has 0 aliphatic carbocycles. The Balaban J connectivity index is 1.24. The molecule has 4 rings (SSSR count). The average Bonchev–Trinajstić information content (AvgIpc) is 3.08. The van der Waals surface area contributed by atoms with E-state index in [0.29, 0.717) is 18.2 Å². The molecule has 1 aliphatic rings. The highest BCUT2D eigenvalue weighted by atomic mass is 19.1. The number of rotatable bonds is 6. The molecule has 5 nitrogen and oxygen atoms in total. The summed E-state index contributed by atoms with van der Waals surface area (Å²) in [6.45, 7) is 3.77. The molecule has 29 heavy (non-hydrogen) atoms. The van der Waals surface area contributed by atoms with Crippen molar-refractivity contribution in [3.05, 3.63) is 65.6 Å². The third-order valence-electron chi connectivity index (χ3n) is 5.84. The Morgan fingerprint density at radius 1 is 1.14 bits per heavy atom. The van der Waals surface area contributed by atoms with Gasteiger partial charge in [0.1, 0.15) is 11.5 Å². The molecule has 0 spiro atoms. The predicted molar refractivity (Wildman–Crippen MR) is 112 cm³/mol. The molecule has 1 aliphatic heterocycles. The molecule has 152 valence electrons. The zero-order valence-electron chi connectivity index (χ0n) is 16.8. The maximum Gasteiger partial charge on any atom is 0.270 e. The minimum atomic E-state index is -0.185. The second-order valence-corrected chi connectivity index (χ2v) is 7.86. The number of fused-ring (bicyclic) bond motifs is 1. The molecule has 0 unspecified atom stereocenters. The lowest BCUT2D eigenvalue weighted by molar-refractivity contribution is 0.0928. The van der Waals surface area contributed by atoms with Crippen LogP contribution in [0.5, 0.6) is 0 Å². The predicted octanol–water partition coefficient (Wildman–Crippen LogP) is 3.40. The highest BCUT2D eigenvalue weighted by Gasteiger charge is 2.21. The molecular weight excluding hydrogens is 367 g/mol. The number of halogens is 1. The van der Waals surface area contributed by atoms with Gasteiger partial charge < -0.3 is 10.2 Å². The van der Waals surface area contributed by atoms with Gasteiger partial charge in [-0.15, -0.1) is 0 Å². The van der Waals surface area contributed by atoms with Crippen molar-refractivity contribution in [2.45, 2.75) is 19.3 Å². The molecule has 1 fully saturated rings. The number of nitrogens with zero attached hydrogens (tertiary/aromatic N) is 3. The molecule has 2 heterocycles. The number of carbonyl (C=O) groups excluding carboxylic acids is 1. The Morgan fingerprint density at radius 3 is 2.62 bits per heavy atom. The van der Waals surface area contributed by atoms with Gasteiger partial charge >= 0.3 is 0 Å². The third kappa shape index (κ3) is 4.65. The summed E-state index contributed by atoms with van der Waals surface area (Å²) in [6, 6.07) is 14.5. The quantitative estimate of drug-likeness (QED) is 0.697. The van der Waals surface area contributed by atoms with Gasteiger partial charge in [0.15, 0.2) is 0 Å². The molecule has 0 saturated carbocycles. The monoisotopic (exact) mass is 394 g/mol. The number of carbonyl (C=O) groups is 1. The normalized spacial score (nSPS) is 15.7. The number of aromatic nitrogens is 2. The molecule has 1 aromatic heterocycles. The SMILES string of the molecule is Cn1nc2ccccc2c1C(=O)NCC1CCN(CCc2ccc(F)cc2)CC1. The maximum atomic E-state index is 13.0. The van der Waals surface area contributed by atoms with Crippen molar-refractivity contribution in [3.63, 3.8) is 0 Å². The van der Waals surface area contributed by atoms with Gasteiger partial charge in [0.05, 0.1) is 5.52 Å². The van der Waals surface area contributed by atoms with Crippen LogP contribution in [0.25, 0.3) is 10.9 Å². The Hall–Kier alpha value is -2.73. The van der Waals surface area contributed by atoms with Gasteiger partial charge in [0, 0.05) is 25.5 Å². The Bertz CT molecular complexity index is 974. The maximum absolute atomic E-state index is 13.0. The highest BCUT2D eigenvalue weighted by molar-refractivity contribution is 6.04. The van der Waals surface area contributed by atoms with Gasteiger partial charge in [0.2, 0.25) is 0 Å². The van der Waals surface area contributed by atoms with Gasteiger partial charge in [-0.05, 0) is 62.0 Å². The summed E-state index contributed by atoms with van der Waals surface area (Å²) in [5, 5.41) is 8.42. The lowest BCUT2D eigenvalue weighted by atomic mass is 9.96. The van der Waals surface area contributed by atoms with E-state index in [1.807, 2.05) is 43.4 Å². The summed E-state index contributed by atoms with van der Waals surface area (Å²) in [6.07, 6.45) is 3.10. The minimum absolute atomic E-state index is 0.0556. The first-order valence-electron chi connectivity index (χ1n) is 10.3. The summed E-state index contributed by atoms with van der Waals surface area (Å²) in [7, 11) is 1.81. The summed E-state index contributed by atoms with van der Waals surface area (Å²) < 4.78 is 14.7. The standard InChI is InChI=1S/C23H27FN4O/c1-27-22(20-4-2-3-5-21(20)26-27)23(29)25-16-18-11-14-28(15-12-18)13-10-17-6-8-19(24)9-7-17/h2-9,18H,10-16H2,1H3,(H,25,29). The van der Waals surface area contributed by atoms with E-state index < -0.39 is 0 Å². The Kier molecular flexibility index (Phi) is 5.90. The second kappa shape index (κ2) is 8.74. The minimum Gasteiger partial charge on any atom is -0.350 e. The number of hydrogen-bond acceptors (Lipinski definition) is 3. The van der Waals surface area contributed by atoms with Gasteiger partial charge in [-0.1, -0.05) is 30.3 Å². The molecule has 1 N–H and O–H groups in total. The largest absolute Gasteiger partial charge is 0.350 e. The Morgan fingerprint density at radius 2 is 1.86 bits per heavy atom. The zero-order valence-corrected chi connectivity index (χ0v) is 16.8. The van der Waals surface area contributed by atoms with Crippen molar-refractivity contribution in [2.75, 3.05) is 26.2 Å². The van der Waals surface area contributed by atoms with E-state index in [9.17, 15) is 9.18 Å². The van der Waals surface area contributed by atoms with E-state index in [1.165, 1.54) is 17.7 Å². The smallest absolute Gasteiger partial charge is 0.270 e. The van der Waals surface area contributed by atoms with E-state index >= 15 is 0 Å². The van der Waals surface area contributed by atoms with Gasteiger partial charge in [0.25, 0.3) is 5.91 Å². The molecule has 6 heteroatoms. The van der Waals surface area contributed by atoms with Crippen LogP contribution in [-0.2, 0) is 13.5 Å². The van der Waals surface area contributed by atoms with E-state index in [-0.39, 0.29) is 11.7 Å². The first-order chi connectivity index (χ1) is 14.1. The van der Waals surface area contributed by atoms with Crippen molar-refractivity contribution >= 4 is 16.8 Å². The van der Waals surface area contributed by atoms with Crippen LogP contribution in [0.1, 0.15) is 28.9 Å². The number of hydrogen-bond donors (Lipinski definition) is 1. The number of likely N-dealkylation sites (tertiary alicyclic amines) is 1. The Labute approximate surface area is 170 Å². The third-order valence-corrected chi connectivity index (χ3v) is 5.84.